The number of nitrogens with two attached hydrogens (primary N) is 1. The maximum Gasteiger partial charge on any atom is 0.0994 e. The van der Waals surface area contributed by atoms with Crippen molar-refractivity contribution in [2.45, 2.75) is 40.2 Å². The van der Waals surface area contributed by atoms with Crippen molar-refractivity contribution in [1.29, 1.82) is 0 Å². The van der Waals surface area contributed by atoms with Gasteiger partial charge >= 0.3 is 0 Å². The van der Waals surface area contributed by atoms with Crippen molar-refractivity contribution in [3.63, 3.8) is 0 Å². The van der Waals surface area contributed by atoms with Gasteiger partial charge in [-0.05, 0) is 35.7 Å². The summed E-state index contributed by atoms with van der Waals surface area (Å²) in [6.07, 6.45) is 0.972. The molecular formula is C12H20N2S. The highest BCUT2D eigenvalue weighted by atomic mass is 32.1. The third-order valence-electron chi connectivity index (χ3n) is 2.24. The maximum absolute atomic E-state index is 5.93. The lowest BCUT2D eigenvalue weighted by atomic mass is 9.95. The molecule has 0 aliphatic heterocycles. The summed E-state index contributed by atoms with van der Waals surface area (Å²) in [6.45, 7) is 8.37. The minimum absolute atomic E-state index is 0.0249. The van der Waals surface area contributed by atoms with Crippen molar-refractivity contribution in [2.24, 2.45) is 16.1 Å². The Morgan fingerprint density at radius 1 is 1.53 bits per heavy atom. The Labute approximate surface area is 96.2 Å². The van der Waals surface area contributed by atoms with E-state index >= 15 is 0 Å². The average Bonchev–Trinajstić information content (AvgIpc) is 2.54. The number of aliphatic imine (C=N–C) groups is 1. The second-order valence-corrected chi connectivity index (χ2v) is 5.73. The van der Waals surface area contributed by atoms with Crippen LogP contribution in [0.5, 0.6) is 0 Å². The van der Waals surface area contributed by atoms with Crippen LogP contribution in [0.3, 0.4) is 0 Å². The zero-order valence-corrected chi connectivity index (χ0v) is 10.8. The first-order chi connectivity index (χ1) is 6.89. The fraction of sp³-hybridized carbons (Fsp3) is 0.583. The molecule has 1 aromatic rings. The molecule has 2 N–H and O–H groups in total. The van der Waals surface area contributed by atoms with Crippen LogP contribution in [0.25, 0.3) is 0 Å². The van der Waals surface area contributed by atoms with E-state index in [2.05, 4.69) is 49.5 Å². The van der Waals surface area contributed by atoms with Crippen LogP contribution in [0.4, 0.5) is 0 Å². The molecular weight excluding hydrogens is 204 g/mol. The number of thiophene rings is 1. The monoisotopic (exact) mass is 224 g/mol. The topological polar surface area (TPSA) is 38.4 Å². The van der Waals surface area contributed by atoms with Gasteiger partial charge in [-0.2, -0.15) is 11.3 Å². The van der Waals surface area contributed by atoms with Crippen molar-refractivity contribution in [3.8, 4) is 0 Å². The molecule has 0 bridgehead atoms. The molecule has 1 heterocycles. The number of nitrogens with zero attached hydrogens (tertiary/aromatic N) is 1. The summed E-state index contributed by atoms with van der Waals surface area (Å²) in [7, 11) is 0. The first kappa shape index (κ1) is 12.2. The summed E-state index contributed by atoms with van der Waals surface area (Å²) >= 11 is 1.73. The van der Waals surface area contributed by atoms with Gasteiger partial charge in [0.2, 0.25) is 0 Å². The standard InChI is InChI=1S/C12H20N2S/c1-9(7-10-5-6-15-8-10)14-11(13)12(2,3)4/h5-6,8-9H,7H2,1-4H3,(H2,13,14). The van der Waals surface area contributed by atoms with Crippen molar-refractivity contribution in [1.82, 2.24) is 0 Å². The molecule has 84 valence electrons. The Morgan fingerprint density at radius 3 is 2.67 bits per heavy atom. The Morgan fingerprint density at radius 2 is 2.20 bits per heavy atom. The third-order valence-corrected chi connectivity index (χ3v) is 2.97. The molecule has 1 rings (SSSR count). The van der Waals surface area contributed by atoms with E-state index in [9.17, 15) is 0 Å². The van der Waals surface area contributed by atoms with Crippen LogP contribution in [0, 0.1) is 5.41 Å². The van der Waals surface area contributed by atoms with Gasteiger partial charge in [0.15, 0.2) is 0 Å². The number of hydrogen-bond donors (Lipinski definition) is 1. The molecule has 0 fully saturated rings. The third kappa shape index (κ3) is 4.04. The number of amidine groups is 1. The Hall–Kier alpha value is -0.830. The highest BCUT2D eigenvalue weighted by Gasteiger charge is 2.16. The van der Waals surface area contributed by atoms with E-state index in [1.54, 1.807) is 11.3 Å². The zero-order valence-electron chi connectivity index (χ0n) is 9.95. The van der Waals surface area contributed by atoms with Gasteiger partial charge in [0, 0.05) is 5.41 Å². The van der Waals surface area contributed by atoms with E-state index in [1.165, 1.54) is 5.56 Å². The molecule has 0 amide bonds. The van der Waals surface area contributed by atoms with E-state index in [-0.39, 0.29) is 11.5 Å². The predicted octanol–water partition coefficient (Wildman–Crippen LogP) is 3.08. The summed E-state index contributed by atoms with van der Waals surface area (Å²) in [6, 6.07) is 2.41. The van der Waals surface area contributed by atoms with Crippen molar-refractivity contribution < 1.29 is 0 Å². The fourth-order valence-corrected chi connectivity index (χ4v) is 1.91. The first-order valence-corrected chi connectivity index (χ1v) is 6.18. The van der Waals surface area contributed by atoms with Gasteiger partial charge in [0.1, 0.15) is 0 Å². The van der Waals surface area contributed by atoms with E-state index < -0.39 is 0 Å². The van der Waals surface area contributed by atoms with Crippen molar-refractivity contribution in [2.75, 3.05) is 0 Å². The predicted molar refractivity (Wildman–Crippen MR) is 68.6 cm³/mol. The van der Waals surface area contributed by atoms with Gasteiger partial charge in [0.25, 0.3) is 0 Å². The van der Waals surface area contributed by atoms with Crippen molar-refractivity contribution in [3.05, 3.63) is 22.4 Å². The molecule has 1 aromatic heterocycles. The van der Waals surface area contributed by atoms with Crippen LogP contribution >= 0.6 is 11.3 Å². The second-order valence-electron chi connectivity index (χ2n) is 4.95. The Balaban J connectivity index is 2.59. The van der Waals surface area contributed by atoms with Crippen LogP contribution in [0.15, 0.2) is 21.8 Å². The smallest absolute Gasteiger partial charge is 0.0994 e. The molecule has 1 atom stereocenters. The van der Waals surface area contributed by atoms with Gasteiger partial charge in [-0.3, -0.25) is 4.99 Å². The highest BCUT2D eigenvalue weighted by Crippen LogP contribution is 2.15. The zero-order chi connectivity index (χ0) is 11.5. The van der Waals surface area contributed by atoms with Crippen molar-refractivity contribution >= 4 is 17.2 Å². The van der Waals surface area contributed by atoms with Crippen LogP contribution in [0.2, 0.25) is 0 Å². The Bertz CT molecular complexity index is 320. The molecule has 0 aromatic carbocycles. The highest BCUT2D eigenvalue weighted by molar-refractivity contribution is 7.07. The summed E-state index contributed by atoms with van der Waals surface area (Å²) in [4.78, 5) is 4.52. The summed E-state index contributed by atoms with van der Waals surface area (Å²) in [5, 5.41) is 4.26. The molecule has 1 unspecified atom stereocenters. The van der Waals surface area contributed by atoms with E-state index in [0.29, 0.717) is 0 Å². The molecule has 15 heavy (non-hydrogen) atoms. The van der Waals surface area contributed by atoms with Crippen LogP contribution < -0.4 is 5.73 Å². The quantitative estimate of drug-likeness (QED) is 0.622. The SMILES string of the molecule is CC(Cc1ccsc1)N=C(N)C(C)(C)C. The van der Waals surface area contributed by atoms with Crippen LogP contribution in [-0.2, 0) is 6.42 Å². The lowest BCUT2D eigenvalue weighted by Gasteiger charge is -2.19. The van der Waals surface area contributed by atoms with Crippen LogP contribution in [-0.4, -0.2) is 11.9 Å². The lowest BCUT2D eigenvalue weighted by molar-refractivity contribution is 0.573. The fourth-order valence-electron chi connectivity index (χ4n) is 1.23. The van der Waals surface area contributed by atoms with Gasteiger partial charge in [-0.1, -0.05) is 20.8 Å². The summed E-state index contributed by atoms with van der Waals surface area (Å²) in [5.74, 6) is 0.741. The molecule has 0 radical (unpaired) electrons. The average molecular weight is 224 g/mol. The van der Waals surface area contributed by atoms with Gasteiger partial charge in [-0.25, -0.2) is 0 Å². The summed E-state index contributed by atoms with van der Waals surface area (Å²) < 4.78 is 0. The molecule has 3 heteroatoms. The first-order valence-electron chi connectivity index (χ1n) is 5.24. The number of rotatable bonds is 3. The van der Waals surface area contributed by atoms with Gasteiger partial charge < -0.3 is 5.73 Å². The summed E-state index contributed by atoms with van der Waals surface area (Å²) in [5.41, 5.74) is 7.25. The van der Waals surface area contributed by atoms with E-state index in [4.69, 9.17) is 5.73 Å². The van der Waals surface area contributed by atoms with Gasteiger partial charge in [-0.15, -0.1) is 0 Å². The number of hydrogen-bond acceptors (Lipinski definition) is 2. The van der Waals surface area contributed by atoms with E-state index in [0.717, 1.165) is 12.3 Å². The largest absolute Gasteiger partial charge is 0.387 e. The molecule has 0 aliphatic rings. The lowest BCUT2D eigenvalue weighted by Crippen LogP contribution is -2.30. The molecule has 2 nitrogen and oxygen atoms in total. The maximum atomic E-state index is 5.93. The minimum Gasteiger partial charge on any atom is -0.387 e. The second kappa shape index (κ2) is 4.79. The van der Waals surface area contributed by atoms with E-state index in [1.807, 2.05) is 0 Å². The van der Waals surface area contributed by atoms with Gasteiger partial charge in [0.05, 0.1) is 11.9 Å². The molecule has 0 saturated heterocycles. The minimum atomic E-state index is -0.0249. The molecule has 0 spiro atoms. The normalized spacial score (nSPS) is 15.3. The molecule has 0 saturated carbocycles. The Kier molecular flexibility index (Phi) is 3.91. The molecule has 0 aliphatic carbocycles. The van der Waals surface area contributed by atoms with Crippen LogP contribution in [0.1, 0.15) is 33.3 Å².